The molecule has 0 bridgehead atoms. The van der Waals surface area contributed by atoms with E-state index < -0.39 is 25.4 Å². The van der Waals surface area contributed by atoms with E-state index in [4.69, 9.17) is 10.5 Å². The number of rotatable bonds is 3. The second-order valence-corrected chi connectivity index (χ2v) is 3.20. The molecule has 0 spiro atoms. The van der Waals surface area contributed by atoms with Crippen LogP contribution in [0.5, 0.6) is 0 Å². The third kappa shape index (κ3) is 5.66. The van der Waals surface area contributed by atoms with Gasteiger partial charge in [0.2, 0.25) is 5.91 Å². The number of nitrogens with zero attached hydrogens (tertiary/aromatic N) is 1. The Morgan fingerprint density at radius 3 is 2.60 bits per heavy atom. The molecular weight excluding hydrogens is 239 g/mol. The second kappa shape index (κ2) is 6.58. The van der Waals surface area contributed by atoms with Gasteiger partial charge in [-0.2, -0.15) is 0 Å². The zero-order valence-corrected chi connectivity index (χ0v) is 11.6. The molecule has 1 fully saturated rings. The zero-order chi connectivity index (χ0) is 10.8. The molecule has 0 aromatic carbocycles. The number of halogens is 3. The van der Waals surface area contributed by atoms with Crippen molar-refractivity contribution in [2.75, 3.05) is 26.2 Å². The SMILES string of the molecule is NC(=O)C1COCCN1C[B-](F)(F)F.[K+]. The number of carbonyl (C=O) groups is 1. The summed E-state index contributed by atoms with van der Waals surface area (Å²) in [4.78, 5) is 11.8. The van der Waals surface area contributed by atoms with Crippen LogP contribution in [0.25, 0.3) is 0 Å². The molecule has 1 amide bonds. The third-order valence-electron chi connectivity index (χ3n) is 2.01. The van der Waals surface area contributed by atoms with Crippen LogP contribution in [-0.2, 0) is 9.53 Å². The van der Waals surface area contributed by atoms with Crippen LogP contribution in [0.1, 0.15) is 0 Å². The van der Waals surface area contributed by atoms with E-state index in [9.17, 15) is 17.7 Å². The topological polar surface area (TPSA) is 55.6 Å². The molecule has 0 aliphatic carbocycles. The molecular formula is C6H11BF3KN2O2. The van der Waals surface area contributed by atoms with Gasteiger partial charge in [0.05, 0.1) is 13.2 Å². The van der Waals surface area contributed by atoms with E-state index in [-0.39, 0.29) is 71.1 Å². The summed E-state index contributed by atoms with van der Waals surface area (Å²) in [5.74, 6) is -0.773. The molecule has 0 saturated carbocycles. The molecule has 82 valence electrons. The minimum atomic E-state index is -4.92. The number of carbonyl (C=O) groups excluding carboxylic acids is 1. The van der Waals surface area contributed by atoms with Gasteiger partial charge in [0.25, 0.3) is 0 Å². The van der Waals surface area contributed by atoms with Gasteiger partial charge < -0.3 is 28.3 Å². The van der Waals surface area contributed by atoms with E-state index in [0.717, 1.165) is 4.90 Å². The third-order valence-corrected chi connectivity index (χ3v) is 2.01. The number of ether oxygens (including phenoxy) is 1. The van der Waals surface area contributed by atoms with Crippen LogP contribution >= 0.6 is 0 Å². The Bertz CT molecular complexity index is 229. The molecule has 1 atom stereocenters. The van der Waals surface area contributed by atoms with Crippen LogP contribution in [0.3, 0.4) is 0 Å². The Hall–Kier alpha value is 0.881. The molecule has 15 heavy (non-hydrogen) atoms. The number of morpholine rings is 1. The van der Waals surface area contributed by atoms with Gasteiger partial charge in [0, 0.05) is 6.54 Å². The van der Waals surface area contributed by atoms with Gasteiger partial charge in [0.15, 0.2) is 0 Å². The Balaban J connectivity index is 0.00000196. The molecule has 1 saturated heterocycles. The Kier molecular flexibility index (Phi) is 6.96. The smallest absolute Gasteiger partial charge is 0.448 e. The van der Waals surface area contributed by atoms with Crippen LogP contribution in [-0.4, -0.2) is 50.0 Å². The fourth-order valence-electron chi connectivity index (χ4n) is 1.38. The van der Waals surface area contributed by atoms with Gasteiger partial charge in [-0.3, -0.25) is 4.79 Å². The van der Waals surface area contributed by atoms with Gasteiger partial charge in [-0.1, -0.05) is 0 Å². The number of hydrogen-bond acceptors (Lipinski definition) is 3. The van der Waals surface area contributed by atoms with Crippen molar-refractivity contribution >= 4 is 12.9 Å². The van der Waals surface area contributed by atoms with E-state index in [2.05, 4.69) is 0 Å². The quantitative estimate of drug-likeness (QED) is 0.530. The first-order chi connectivity index (χ1) is 6.40. The maximum atomic E-state index is 12.1. The summed E-state index contributed by atoms with van der Waals surface area (Å²) in [5, 5.41) is 0. The maximum Gasteiger partial charge on any atom is 1.00 e. The largest absolute Gasteiger partial charge is 1.00 e. The Labute approximate surface area is 128 Å². The predicted molar refractivity (Wildman–Crippen MR) is 44.5 cm³/mol. The first kappa shape index (κ1) is 15.9. The fourth-order valence-corrected chi connectivity index (χ4v) is 1.38. The van der Waals surface area contributed by atoms with Gasteiger partial charge in [-0.15, -0.1) is 0 Å². The summed E-state index contributed by atoms with van der Waals surface area (Å²) in [6.07, 6.45) is -1.06. The summed E-state index contributed by atoms with van der Waals surface area (Å²) >= 11 is 0. The average Bonchev–Trinajstić information content (AvgIpc) is 2.01. The molecule has 2 N–H and O–H groups in total. The van der Waals surface area contributed by atoms with Gasteiger partial charge in [-0.05, 0) is 6.44 Å². The van der Waals surface area contributed by atoms with E-state index >= 15 is 0 Å². The van der Waals surface area contributed by atoms with Crippen LogP contribution in [0.2, 0.25) is 0 Å². The van der Waals surface area contributed by atoms with Crippen molar-refractivity contribution in [3.05, 3.63) is 0 Å². The minimum Gasteiger partial charge on any atom is -0.448 e. The maximum absolute atomic E-state index is 12.1. The average molecular weight is 250 g/mol. The monoisotopic (exact) mass is 250 g/mol. The molecule has 1 unspecified atom stereocenters. The number of nitrogens with two attached hydrogens (primary N) is 1. The van der Waals surface area contributed by atoms with E-state index in [0.29, 0.717) is 0 Å². The molecule has 0 radical (unpaired) electrons. The summed E-state index contributed by atoms with van der Waals surface area (Å²) in [5.41, 5.74) is 4.96. The molecule has 1 aliphatic rings. The van der Waals surface area contributed by atoms with E-state index in [1.807, 2.05) is 0 Å². The van der Waals surface area contributed by atoms with Crippen molar-refractivity contribution < 1.29 is 73.9 Å². The van der Waals surface area contributed by atoms with Crippen molar-refractivity contribution in [1.29, 1.82) is 0 Å². The van der Waals surface area contributed by atoms with Crippen LogP contribution in [0.15, 0.2) is 0 Å². The predicted octanol–water partition coefficient (Wildman–Crippen LogP) is -3.44. The van der Waals surface area contributed by atoms with Gasteiger partial charge in [0.1, 0.15) is 6.04 Å². The molecule has 1 rings (SSSR count). The van der Waals surface area contributed by atoms with Crippen LogP contribution in [0, 0.1) is 0 Å². The van der Waals surface area contributed by atoms with Gasteiger partial charge in [-0.25, -0.2) is 0 Å². The molecule has 9 heteroatoms. The van der Waals surface area contributed by atoms with Crippen molar-refractivity contribution in [1.82, 2.24) is 4.90 Å². The number of amides is 1. The molecule has 4 nitrogen and oxygen atoms in total. The van der Waals surface area contributed by atoms with Crippen LogP contribution < -0.4 is 57.1 Å². The van der Waals surface area contributed by atoms with Crippen molar-refractivity contribution in [2.24, 2.45) is 5.73 Å². The summed E-state index contributed by atoms with van der Waals surface area (Å²) < 4.78 is 41.2. The standard InChI is InChI=1S/C6H11BF3N2O2.K/c8-7(9,10)4-12-1-2-14-3-5(12)6(11)13;/h5H,1-4H2,(H2,11,13);/q-1;+1. The number of hydrogen-bond donors (Lipinski definition) is 1. The molecule has 1 heterocycles. The second-order valence-electron chi connectivity index (χ2n) is 3.20. The number of primary amides is 1. The first-order valence-electron chi connectivity index (χ1n) is 4.22. The van der Waals surface area contributed by atoms with Gasteiger partial charge >= 0.3 is 58.4 Å². The fraction of sp³-hybridized carbons (Fsp3) is 0.833. The normalized spacial score (nSPS) is 23.3. The zero-order valence-electron chi connectivity index (χ0n) is 8.46. The molecule has 0 aromatic heterocycles. The summed E-state index contributed by atoms with van der Waals surface area (Å²) in [6, 6.07) is -0.952. The molecule has 0 aromatic rings. The van der Waals surface area contributed by atoms with E-state index in [1.54, 1.807) is 0 Å². The van der Waals surface area contributed by atoms with Crippen molar-refractivity contribution in [3.8, 4) is 0 Å². The van der Waals surface area contributed by atoms with Crippen molar-refractivity contribution in [3.63, 3.8) is 0 Å². The van der Waals surface area contributed by atoms with Crippen LogP contribution in [0.4, 0.5) is 12.9 Å². The summed E-state index contributed by atoms with van der Waals surface area (Å²) in [6.45, 7) is -4.68. The Morgan fingerprint density at radius 1 is 1.53 bits per heavy atom. The summed E-state index contributed by atoms with van der Waals surface area (Å²) in [7, 11) is 0. The first-order valence-corrected chi connectivity index (χ1v) is 4.22. The van der Waals surface area contributed by atoms with Crippen molar-refractivity contribution in [2.45, 2.75) is 6.04 Å². The molecule has 1 aliphatic heterocycles. The Morgan fingerprint density at radius 2 is 2.13 bits per heavy atom. The van der Waals surface area contributed by atoms with E-state index in [1.165, 1.54) is 0 Å². The minimum absolute atomic E-state index is 0.